The highest BCUT2D eigenvalue weighted by Gasteiger charge is 2.33. The van der Waals surface area contributed by atoms with Gasteiger partial charge in [-0.1, -0.05) is 29.4 Å². The van der Waals surface area contributed by atoms with E-state index in [1.54, 1.807) is 23.1 Å². The summed E-state index contributed by atoms with van der Waals surface area (Å²) in [5.74, 6) is 1.65. The van der Waals surface area contributed by atoms with Crippen LogP contribution in [-0.2, 0) is 5.75 Å². The summed E-state index contributed by atoms with van der Waals surface area (Å²) in [5.41, 5.74) is 3.77. The number of thiazole rings is 1. The van der Waals surface area contributed by atoms with E-state index in [1.165, 1.54) is 4.70 Å². The van der Waals surface area contributed by atoms with E-state index in [1.807, 2.05) is 61.2 Å². The number of aromatic nitrogens is 2. The van der Waals surface area contributed by atoms with Crippen LogP contribution in [0.4, 0.5) is 0 Å². The second kappa shape index (κ2) is 8.48. The predicted molar refractivity (Wildman–Crippen MR) is 125 cm³/mol. The van der Waals surface area contributed by atoms with Gasteiger partial charge in [-0.2, -0.15) is 0 Å². The van der Waals surface area contributed by atoms with Crippen LogP contribution in [0.5, 0.6) is 0 Å². The maximum absolute atomic E-state index is 13.6. The van der Waals surface area contributed by atoms with Crippen molar-refractivity contribution in [3.63, 3.8) is 0 Å². The Morgan fingerprint density at radius 3 is 2.81 bits per heavy atom. The Morgan fingerprint density at radius 2 is 2.00 bits per heavy atom. The van der Waals surface area contributed by atoms with Gasteiger partial charge in [-0.25, -0.2) is 4.98 Å². The molecule has 1 aliphatic rings. The van der Waals surface area contributed by atoms with Crippen molar-refractivity contribution >= 4 is 39.2 Å². The smallest absolute Gasteiger partial charge is 0.255 e. The third-order valence-electron chi connectivity index (χ3n) is 5.78. The van der Waals surface area contributed by atoms with Crippen molar-refractivity contribution in [3.05, 3.63) is 76.1 Å². The lowest BCUT2D eigenvalue weighted by molar-refractivity contribution is 0.0732. The monoisotopic (exact) mass is 449 g/mol. The zero-order chi connectivity index (χ0) is 21.4. The van der Waals surface area contributed by atoms with E-state index in [9.17, 15) is 4.79 Å². The minimum atomic E-state index is 0.0468. The van der Waals surface area contributed by atoms with Crippen molar-refractivity contribution in [2.24, 2.45) is 0 Å². The summed E-state index contributed by atoms with van der Waals surface area (Å²) in [6.07, 6.45) is 1.96. The molecule has 0 bridgehead atoms. The van der Waals surface area contributed by atoms with E-state index in [2.05, 4.69) is 11.2 Å². The summed E-state index contributed by atoms with van der Waals surface area (Å²) in [6.45, 7) is 4.65. The molecule has 1 unspecified atom stereocenters. The summed E-state index contributed by atoms with van der Waals surface area (Å²) in [7, 11) is 0. The molecule has 3 heterocycles. The maximum Gasteiger partial charge on any atom is 0.255 e. The Balaban J connectivity index is 1.40. The first-order valence-electron chi connectivity index (χ1n) is 10.4. The highest BCUT2D eigenvalue weighted by molar-refractivity contribution is 7.98. The molecule has 0 aliphatic carbocycles. The second-order valence-corrected chi connectivity index (χ2v) is 9.84. The lowest BCUT2D eigenvalue weighted by Crippen LogP contribution is -2.30. The van der Waals surface area contributed by atoms with Crippen LogP contribution in [0.3, 0.4) is 0 Å². The number of hydrogen-bond donors (Lipinski definition) is 0. The topological polar surface area (TPSA) is 59.2 Å². The van der Waals surface area contributed by atoms with E-state index in [0.29, 0.717) is 0 Å². The summed E-state index contributed by atoms with van der Waals surface area (Å²) < 4.78 is 6.46. The van der Waals surface area contributed by atoms with Gasteiger partial charge in [0.05, 0.1) is 27.5 Å². The molecular weight excluding hydrogens is 426 g/mol. The van der Waals surface area contributed by atoms with Crippen LogP contribution in [0, 0.1) is 13.8 Å². The van der Waals surface area contributed by atoms with Crippen LogP contribution in [0.15, 0.2) is 57.9 Å². The number of aryl methyl sites for hydroxylation is 2. The number of nitrogens with zero attached hydrogens (tertiary/aromatic N) is 3. The average molecular weight is 450 g/mol. The molecule has 2 aromatic heterocycles. The molecule has 0 spiro atoms. The van der Waals surface area contributed by atoms with Crippen LogP contribution >= 0.6 is 23.1 Å². The molecule has 158 valence electrons. The molecule has 5 rings (SSSR count). The summed E-state index contributed by atoms with van der Waals surface area (Å²) >= 11 is 3.36. The van der Waals surface area contributed by atoms with Gasteiger partial charge in [0.2, 0.25) is 0 Å². The lowest BCUT2D eigenvalue weighted by Gasteiger charge is -2.24. The molecular formula is C24H23N3O2S2. The zero-order valence-corrected chi connectivity index (χ0v) is 19.1. The molecule has 1 fully saturated rings. The molecule has 1 atom stereocenters. The Morgan fingerprint density at radius 1 is 1.19 bits per heavy atom. The minimum Gasteiger partial charge on any atom is -0.361 e. The predicted octanol–water partition coefficient (Wildman–Crippen LogP) is 6.17. The molecule has 2 aromatic carbocycles. The first-order valence-corrected chi connectivity index (χ1v) is 12.2. The van der Waals surface area contributed by atoms with Crippen LogP contribution in [0.25, 0.3) is 10.2 Å². The Hall–Kier alpha value is -2.64. The molecule has 7 heteroatoms. The Kier molecular flexibility index (Phi) is 5.54. The van der Waals surface area contributed by atoms with Crippen LogP contribution in [0.2, 0.25) is 0 Å². The molecule has 5 nitrogen and oxygen atoms in total. The van der Waals surface area contributed by atoms with Crippen molar-refractivity contribution in [1.29, 1.82) is 0 Å². The van der Waals surface area contributed by atoms with Crippen molar-refractivity contribution in [2.45, 2.75) is 43.4 Å². The van der Waals surface area contributed by atoms with Crippen LogP contribution in [0.1, 0.15) is 51.3 Å². The highest BCUT2D eigenvalue weighted by Crippen LogP contribution is 2.38. The average Bonchev–Trinajstić information content (AvgIpc) is 3.50. The van der Waals surface area contributed by atoms with E-state index in [-0.39, 0.29) is 11.9 Å². The number of rotatable bonds is 5. The minimum absolute atomic E-state index is 0.0468. The summed E-state index contributed by atoms with van der Waals surface area (Å²) in [6, 6.07) is 16.1. The second-order valence-electron chi connectivity index (χ2n) is 7.76. The van der Waals surface area contributed by atoms with E-state index >= 15 is 0 Å². The quantitative estimate of drug-likeness (QED) is 0.341. The van der Waals surface area contributed by atoms with Crippen molar-refractivity contribution in [3.8, 4) is 0 Å². The number of likely N-dealkylation sites (tertiary alicyclic amines) is 1. The fraction of sp³-hybridized carbons (Fsp3) is 0.292. The first-order chi connectivity index (χ1) is 15.1. The van der Waals surface area contributed by atoms with E-state index in [0.717, 1.165) is 63.1 Å². The molecule has 0 radical (unpaired) electrons. The third kappa shape index (κ3) is 3.88. The van der Waals surface area contributed by atoms with Gasteiger partial charge in [-0.05, 0) is 51.0 Å². The molecule has 1 saturated heterocycles. The molecule has 0 N–H and O–H groups in total. The van der Waals surface area contributed by atoms with Gasteiger partial charge in [0.25, 0.3) is 5.91 Å². The van der Waals surface area contributed by atoms with Gasteiger partial charge in [-0.15, -0.1) is 23.1 Å². The first kappa shape index (κ1) is 20.3. The standard InChI is InChI=1S/C24H23N3O2S2/c1-15-18(16(2)29-26-15)14-30-21-11-5-3-8-17(21)24(28)27-13-7-10-20(27)23-25-19-9-4-6-12-22(19)31-23/h3-6,8-9,11-12,20H,7,10,13-14H2,1-2H3. The number of para-hydroxylation sites is 1. The number of thioether (sulfide) groups is 1. The SMILES string of the molecule is Cc1noc(C)c1CSc1ccccc1C(=O)N1CCCC1c1nc2ccccc2s1. The third-order valence-corrected chi connectivity index (χ3v) is 8.02. The van der Waals surface area contributed by atoms with Gasteiger partial charge < -0.3 is 9.42 Å². The Labute approximate surface area is 189 Å². The van der Waals surface area contributed by atoms with Gasteiger partial charge in [0, 0.05) is 22.8 Å². The van der Waals surface area contributed by atoms with Crippen molar-refractivity contribution in [1.82, 2.24) is 15.0 Å². The number of amides is 1. The number of fused-ring (bicyclic) bond motifs is 1. The van der Waals surface area contributed by atoms with Crippen LogP contribution < -0.4 is 0 Å². The Bertz CT molecular complexity index is 1190. The van der Waals surface area contributed by atoms with Gasteiger partial charge in [0.1, 0.15) is 10.8 Å². The number of hydrogen-bond acceptors (Lipinski definition) is 6. The van der Waals surface area contributed by atoms with Gasteiger partial charge in [-0.3, -0.25) is 4.79 Å². The summed E-state index contributed by atoms with van der Waals surface area (Å²) in [4.78, 5) is 21.5. The number of carbonyl (C=O) groups excluding carboxylic acids is 1. The van der Waals surface area contributed by atoms with E-state index in [4.69, 9.17) is 9.51 Å². The molecule has 31 heavy (non-hydrogen) atoms. The van der Waals surface area contributed by atoms with Crippen LogP contribution in [-0.4, -0.2) is 27.5 Å². The summed E-state index contributed by atoms with van der Waals surface area (Å²) in [5, 5.41) is 5.08. The fourth-order valence-corrected chi connectivity index (χ4v) is 6.39. The van der Waals surface area contributed by atoms with Gasteiger partial charge in [0.15, 0.2) is 0 Å². The van der Waals surface area contributed by atoms with Gasteiger partial charge >= 0.3 is 0 Å². The molecule has 0 saturated carbocycles. The highest BCUT2D eigenvalue weighted by atomic mass is 32.2. The molecule has 1 aliphatic heterocycles. The number of carbonyl (C=O) groups is 1. The zero-order valence-electron chi connectivity index (χ0n) is 17.5. The maximum atomic E-state index is 13.6. The lowest BCUT2D eigenvalue weighted by atomic mass is 10.1. The van der Waals surface area contributed by atoms with Crippen molar-refractivity contribution in [2.75, 3.05) is 6.54 Å². The van der Waals surface area contributed by atoms with E-state index < -0.39 is 0 Å². The normalized spacial score (nSPS) is 16.3. The van der Waals surface area contributed by atoms with Crippen molar-refractivity contribution < 1.29 is 9.32 Å². The fourth-order valence-electron chi connectivity index (χ4n) is 4.08. The number of benzene rings is 2. The molecule has 1 amide bonds. The molecule has 4 aromatic rings. The largest absolute Gasteiger partial charge is 0.361 e.